The van der Waals surface area contributed by atoms with E-state index in [1.165, 1.54) is 0 Å². The first-order valence-corrected chi connectivity index (χ1v) is 10.8. The van der Waals surface area contributed by atoms with E-state index < -0.39 is 8.80 Å². The average Bonchev–Trinajstić information content (AvgIpc) is 2.53. The lowest BCUT2D eigenvalue weighted by Crippen LogP contribution is -2.46. The van der Waals surface area contributed by atoms with E-state index in [4.69, 9.17) is 13.3 Å². The molecule has 0 saturated heterocycles. The molecule has 0 fully saturated rings. The number of nitrogens with zero attached hydrogens (tertiary/aromatic N) is 1. The zero-order valence-corrected chi connectivity index (χ0v) is 16.9. The molecule has 7 nitrogen and oxygen atoms in total. The number of hydrogen-bond acceptors (Lipinski definition) is 5. The van der Waals surface area contributed by atoms with E-state index >= 15 is 0 Å². The largest absolute Gasteiger partial charge is 0.500 e. The molecule has 0 heterocycles. The maximum absolute atomic E-state index is 11.8. The number of carbonyl (C=O) groups excluding carboxylic acids is 2. The van der Waals surface area contributed by atoms with Gasteiger partial charge < -0.3 is 23.5 Å². The fourth-order valence-corrected chi connectivity index (χ4v) is 4.96. The van der Waals surface area contributed by atoms with Crippen LogP contribution in [0.1, 0.15) is 47.5 Å². The van der Waals surface area contributed by atoms with Gasteiger partial charge in [0, 0.05) is 58.8 Å². The molecule has 0 aromatic carbocycles. The van der Waals surface area contributed by atoms with Crippen molar-refractivity contribution in [1.29, 1.82) is 0 Å². The first kappa shape index (κ1) is 23.0. The van der Waals surface area contributed by atoms with Crippen LogP contribution in [0.3, 0.4) is 0 Å². The monoisotopic (exact) mass is 362 g/mol. The fraction of sp³-hybridized carbons (Fsp3) is 0.875. The van der Waals surface area contributed by atoms with Crippen molar-refractivity contribution in [3.63, 3.8) is 0 Å². The minimum Gasteiger partial charge on any atom is -0.374 e. The summed E-state index contributed by atoms with van der Waals surface area (Å²) in [5.41, 5.74) is 0. The van der Waals surface area contributed by atoms with Crippen LogP contribution in [0.15, 0.2) is 0 Å². The summed E-state index contributed by atoms with van der Waals surface area (Å²) in [6, 6.07) is 0.674. The Morgan fingerprint density at radius 1 is 0.958 bits per heavy atom. The molecule has 0 atom stereocenters. The number of rotatable bonds is 14. The summed E-state index contributed by atoms with van der Waals surface area (Å²) in [5, 5.41) is 2.79. The van der Waals surface area contributed by atoms with Crippen molar-refractivity contribution >= 4 is 20.6 Å². The second-order valence-corrected chi connectivity index (χ2v) is 8.03. The molecule has 0 unspecified atom stereocenters. The zero-order valence-electron chi connectivity index (χ0n) is 15.9. The molecule has 2 amide bonds. The van der Waals surface area contributed by atoms with Gasteiger partial charge in [-0.2, -0.15) is 0 Å². The topological polar surface area (TPSA) is 77.1 Å². The molecule has 0 aliphatic heterocycles. The normalized spacial score (nSPS) is 11.4. The van der Waals surface area contributed by atoms with Gasteiger partial charge in [0.1, 0.15) is 0 Å². The van der Waals surface area contributed by atoms with E-state index in [2.05, 4.69) is 5.32 Å². The molecule has 8 heteroatoms. The Bertz CT molecular complexity index is 351. The second kappa shape index (κ2) is 13.3. The molecule has 0 aliphatic carbocycles. The summed E-state index contributed by atoms with van der Waals surface area (Å²) in [4.78, 5) is 24.8. The predicted octanol–water partition coefficient (Wildman–Crippen LogP) is 1.80. The van der Waals surface area contributed by atoms with Crippen LogP contribution in [0, 0.1) is 0 Å². The molecule has 0 aromatic heterocycles. The SMILES string of the molecule is CCO[Si](CCCN(CCNC(=O)CC)C(C)=O)(OCC)OCC. The lowest BCUT2D eigenvalue weighted by atomic mass is 10.3. The Labute approximate surface area is 147 Å². The van der Waals surface area contributed by atoms with Gasteiger partial charge in [-0.05, 0) is 27.2 Å². The van der Waals surface area contributed by atoms with Gasteiger partial charge in [0.05, 0.1) is 0 Å². The van der Waals surface area contributed by atoms with Gasteiger partial charge >= 0.3 is 8.80 Å². The van der Waals surface area contributed by atoms with Crippen LogP contribution in [0.25, 0.3) is 0 Å². The number of carbonyl (C=O) groups is 2. The molecule has 0 saturated carbocycles. The van der Waals surface area contributed by atoms with Gasteiger partial charge in [-0.25, -0.2) is 0 Å². The van der Waals surface area contributed by atoms with E-state index in [0.29, 0.717) is 51.9 Å². The molecule has 1 N–H and O–H groups in total. The molecule has 0 aliphatic rings. The molecule has 24 heavy (non-hydrogen) atoms. The second-order valence-electron chi connectivity index (χ2n) is 5.30. The van der Waals surface area contributed by atoms with Crippen molar-refractivity contribution in [3.05, 3.63) is 0 Å². The van der Waals surface area contributed by atoms with Crippen molar-refractivity contribution < 1.29 is 22.9 Å². The lowest BCUT2D eigenvalue weighted by molar-refractivity contribution is -0.129. The maximum atomic E-state index is 11.8. The molecular weight excluding hydrogens is 328 g/mol. The van der Waals surface area contributed by atoms with Crippen molar-refractivity contribution in [2.45, 2.75) is 53.5 Å². The zero-order chi connectivity index (χ0) is 18.4. The van der Waals surface area contributed by atoms with E-state index in [0.717, 1.165) is 6.42 Å². The van der Waals surface area contributed by atoms with Crippen LogP contribution in [0.4, 0.5) is 0 Å². The van der Waals surface area contributed by atoms with Gasteiger partial charge in [0.2, 0.25) is 11.8 Å². The smallest absolute Gasteiger partial charge is 0.374 e. The third-order valence-corrected chi connectivity index (χ3v) is 6.63. The highest BCUT2D eigenvalue weighted by Gasteiger charge is 2.39. The van der Waals surface area contributed by atoms with Crippen molar-refractivity contribution in [3.8, 4) is 0 Å². The lowest BCUT2D eigenvalue weighted by Gasteiger charge is -2.29. The minimum absolute atomic E-state index is 0.00255. The van der Waals surface area contributed by atoms with Crippen LogP contribution in [-0.2, 0) is 22.9 Å². The summed E-state index contributed by atoms with van der Waals surface area (Å²) < 4.78 is 17.4. The Morgan fingerprint density at radius 2 is 1.50 bits per heavy atom. The Morgan fingerprint density at radius 3 is 1.92 bits per heavy atom. The Kier molecular flexibility index (Phi) is 12.8. The van der Waals surface area contributed by atoms with Crippen molar-refractivity contribution in [2.24, 2.45) is 0 Å². The number of hydrogen-bond donors (Lipinski definition) is 1. The summed E-state index contributed by atoms with van der Waals surface area (Å²) in [6.45, 7) is 12.3. The van der Waals surface area contributed by atoms with Crippen LogP contribution in [-0.4, -0.2) is 65.0 Å². The molecule has 0 aromatic rings. The number of nitrogens with one attached hydrogen (secondary N) is 1. The van der Waals surface area contributed by atoms with Crippen LogP contribution in [0.2, 0.25) is 6.04 Å². The van der Waals surface area contributed by atoms with E-state index in [-0.39, 0.29) is 11.8 Å². The van der Waals surface area contributed by atoms with E-state index in [1.807, 2.05) is 20.8 Å². The Hall–Kier alpha value is -0.963. The molecular formula is C16H34N2O5Si. The van der Waals surface area contributed by atoms with Gasteiger partial charge in [0.25, 0.3) is 0 Å². The quantitative estimate of drug-likeness (QED) is 0.477. The van der Waals surface area contributed by atoms with Crippen molar-refractivity contribution in [2.75, 3.05) is 39.5 Å². The van der Waals surface area contributed by atoms with E-state index in [1.54, 1.807) is 18.7 Å². The summed E-state index contributed by atoms with van der Waals surface area (Å²) in [7, 11) is -2.66. The average molecular weight is 363 g/mol. The van der Waals surface area contributed by atoms with Gasteiger partial charge in [0.15, 0.2) is 0 Å². The molecule has 0 bridgehead atoms. The molecule has 0 spiro atoms. The van der Waals surface area contributed by atoms with Gasteiger partial charge in [-0.3, -0.25) is 9.59 Å². The van der Waals surface area contributed by atoms with Crippen LogP contribution in [0.5, 0.6) is 0 Å². The van der Waals surface area contributed by atoms with Gasteiger partial charge in [-0.1, -0.05) is 6.92 Å². The molecule has 0 rings (SSSR count). The molecule has 142 valence electrons. The highest BCUT2D eigenvalue weighted by atomic mass is 28.4. The number of amides is 2. The molecule has 0 radical (unpaired) electrons. The maximum Gasteiger partial charge on any atom is 0.500 e. The first-order valence-electron chi connectivity index (χ1n) is 8.88. The van der Waals surface area contributed by atoms with Gasteiger partial charge in [-0.15, -0.1) is 0 Å². The summed E-state index contributed by atoms with van der Waals surface area (Å²) >= 11 is 0. The fourth-order valence-electron chi connectivity index (χ4n) is 2.37. The predicted molar refractivity (Wildman–Crippen MR) is 95.6 cm³/mol. The Balaban J connectivity index is 4.49. The standard InChI is InChI=1S/C16H34N2O5Si/c1-6-16(20)17-11-13-18(15(5)19)12-10-14-24(21-7-2,22-8-3)23-9-4/h6-14H2,1-5H3,(H,17,20). The third kappa shape index (κ3) is 9.36. The summed E-state index contributed by atoms with van der Waals surface area (Å²) in [6.07, 6.45) is 1.19. The van der Waals surface area contributed by atoms with Crippen LogP contribution >= 0.6 is 0 Å². The summed E-state index contributed by atoms with van der Waals surface area (Å²) in [5.74, 6) is -0.00814. The van der Waals surface area contributed by atoms with Crippen molar-refractivity contribution in [1.82, 2.24) is 10.2 Å². The minimum atomic E-state index is -2.66. The highest BCUT2D eigenvalue weighted by Crippen LogP contribution is 2.18. The van der Waals surface area contributed by atoms with Crippen LogP contribution < -0.4 is 5.32 Å². The first-order chi connectivity index (χ1) is 11.4. The highest BCUT2D eigenvalue weighted by molar-refractivity contribution is 6.60. The van der Waals surface area contributed by atoms with E-state index in [9.17, 15) is 9.59 Å². The third-order valence-electron chi connectivity index (χ3n) is 3.47.